The summed E-state index contributed by atoms with van der Waals surface area (Å²) in [6, 6.07) is 10.6. The Hall–Kier alpha value is -2.19. The van der Waals surface area contributed by atoms with Crippen molar-refractivity contribution in [2.45, 2.75) is 50.0 Å². The van der Waals surface area contributed by atoms with Gasteiger partial charge in [-0.3, -0.25) is 0 Å². The van der Waals surface area contributed by atoms with E-state index in [1.165, 1.54) is 4.68 Å². The summed E-state index contributed by atoms with van der Waals surface area (Å²) in [4.78, 5) is 0.194. The van der Waals surface area contributed by atoms with Crippen molar-refractivity contribution in [2.75, 3.05) is 7.11 Å². The van der Waals surface area contributed by atoms with E-state index in [0.29, 0.717) is 17.1 Å². The maximum Gasteiger partial charge on any atom is 0.227 e. The van der Waals surface area contributed by atoms with Crippen LogP contribution in [0, 0.1) is 13.8 Å². The Kier molecular flexibility index (Phi) is 5.62. The third-order valence-electron chi connectivity index (χ3n) is 4.83. The second-order valence-corrected chi connectivity index (χ2v) is 10.7. The summed E-state index contributed by atoms with van der Waals surface area (Å²) in [5.41, 5.74) is 3.02. The molecule has 0 saturated heterocycles. The summed E-state index contributed by atoms with van der Waals surface area (Å²) < 4.78 is 34.2. The molecule has 3 rings (SSSR count). The number of aromatic nitrogens is 3. The van der Waals surface area contributed by atoms with E-state index in [1.807, 2.05) is 31.2 Å². The van der Waals surface area contributed by atoms with Crippen LogP contribution in [0.4, 0.5) is 0 Å². The van der Waals surface area contributed by atoms with E-state index in [1.54, 1.807) is 26.2 Å². The fraction of sp³-hybridized carbons (Fsp3) is 0.333. The maximum absolute atomic E-state index is 13.2. The molecule has 0 saturated carbocycles. The molecule has 3 aromatic rings. The molecule has 0 atom stereocenters. The Morgan fingerprint density at radius 2 is 1.69 bits per heavy atom. The lowest BCUT2D eigenvalue weighted by atomic mass is 9.87. The predicted octanol–water partition coefficient (Wildman–Crippen LogP) is 4.79. The molecule has 29 heavy (non-hydrogen) atoms. The molecule has 0 spiro atoms. The van der Waals surface area contributed by atoms with Crippen LogP contribution in [0.3, 0.4) is 0 Å². The fourth-order valence-corrected chi connectivity index (χ4v) is 4.67. The lowest BCUT2D eigenvalue weighted by molar-refractivity contribution is 0.410. The van der Waals surface area contributed by atoms with Gasteiger partial charge in [0.05, 0.1) is 17.7 Å². The topological polar surface area (TPSA) is 74.1 Å². The second-order valence-electron chi connectivity index (χ2n) is 7.94. The largest absolute Gasteiger partial charge is 0.494 e. The van der Waals surface area contributed by atoms with Gasteiger partial charge in [-0.2, -0.15) is 0 Å². The zero-order valence-electron chi connectivity index (χ0n) is 17.3. The molecule has 0 unspecified atom stereocenters. The summed E-state index contributed by atoms with van der Waals surface area (Å²) in [5, 5.41) is 8.04. The lowest BCUT2D eigenvalue weighted by Crippen LogP contribution is -2.12. The highest BCUT2D eigenvalue weighted by molar-refractivity contribution is 9.10. The van der Waals surface area contributed by atoms with Gasteiger partial charge in [-0.25, -0.2) is 13.1 Å². The Morgan fingerprint density at radius 3 is 2.24 bits per heavy atom. The van der Waals surface area contributed by atoms with E-state index < -0.39 is 9.84 Å². The van der Waals surface area contributed by atoms with Crippen LogP contribution in [-0.2, 0) is 15.3 Å². The fourth-order valence-electron chi connectivity index (χ4n) is 3.02. The molecule has 6 nitrogen and oxygen atoms in total. The number of hydrogen-bond acceptors (Lipinski definition) is 5. The van der Waals surface area contributed by atoms with Crippen LogP contribution in [0.25, 0.3) is 5.69 Å². The van der Waals surface area contributed by atoms with Gasteiger partial charge < -0.3 is 4.74 Å². The first kappa shape index (κ1) is 21.5. The van der Waals surface area contributed by atoms with Crippen molar-refractivity contribution in [2.24, 2.45) is 0 Å². The van der Waals surface area contributed by atoms with Crippen molar-refractivity contribution in [3.63, 3.8) is 0 Å². The molecular weight excluding hydrogens is 454 g/mol. The Bertz CT molecular complexity index is 1160. The van der Waals surface area contributed by atoms with Crippen LogP contribution in [0.1, 0.15) is 37.6 Å². The van der Waals surface area contributed by atoms with E-state index >= 15 is 0 Å². The SMILES string of the molecule is COc1cc(Br)c(C)cc1-n1nnc(S(=O)(=O)c2ccc(C(C)(C)C)cc2)c1C. The molecule has 0 aliphatic rings. The normalized spacial score (nSPS) is 12.2. The van der Waals surface area contributed by atoms with Crippen LogP contribution in [0.2, 0.25) is 0 Å². The van der Waals surface area contributed by atoms with Crippen LogP contribution >= 0.6 is 15.9 Å². The second kappa shape index (κ2) is 7.57. The predicted molar refractivity (Wildman–Crippen MR) is 116 cm³/mol. The number of aryl methyl sites for hydroxylation is 1. The van der Waals surface area contributed by atoms with Gasteiger partial charge in [0, 0.05) is 4.47 Å². The Balaban J connectivity index is 2.09. The third kappa shape index (κ3) is 3.96. The van der Waals surface area contributed by atoms with Crippen molar-refractivity contribution in [1.29, 1.82) is 0 Å². The zero-order valence-corrected chi connectivity index (χ0v) is 19.7. The number of sulfone groups is 1. The first-order valence-corrected chi connectivity index (χ1v) is 11.4. The van der Waals surface area contributed by atoms with E-state index in [0.717, 1.165) is 15.6 Å². The third-order valence-corrected chi connectivity index (χ3v) is 7.46. The molecule has 0 aliphatic carbocycles. The van der Waals surface area contributed by atoms with E-state index in [2.05, 4.69) is 47.0 Å². The van der Waals surface area contributed by atoms with Gasteiger partial charge in [0.25, 0.3) is 0 Å². The number of nitrogens with zero attached hydrogens (tertiary/aromatic N) is 3. The van der Waals surface area contributed by atoms with Crippen molar-refractivity contribution in [3.05, 3.63) is 57.7 Å². The van der Waals surface area contributed by atoms with Crippen LogP contribution in [0.15, 0.2) is 50.8 Å². The summed E-state index contributed by atoms with van der Waals surface area (Å²) in [6.07, 6.45) is 0. The summed E-state index contributed by atoms with van der Waals surface area (Å²) >= 11 is 3.48. The van der Waals surface area contributed by atoms with Crippen molar-refractivity contribution in [3.8, 4) is 11.4 Å². The number of rotatable bonds is 4. The van der Waals surface area contributed by atoms with Crippen LogP contribution in [0.5, 0.6) is 5.75 Å². The standard InChI is InChI=1S/C21H24BrN3O3S/c1-13-11-18(19(28-6)12-17(13)22)25-14(2)20(23-24-25)29(26,27)16-9-7-15(8-10-16)21(3,4)5/h7-12H,1-6H3. The minimum atomic E-state index is -3.80. The molecule has 0 aliphatic heterocycles. The number of halogens is 1. The van der Waals surface area contributed by atoms with Gasteiger partial charge >= 0.3 is 0 Å². The minimum Gasteiger partial charge on any atom is -0.494 e. The molecule has 0 radical (unpaired) electrons. The number of methoxy groups -OCH3 is 1. The molecule has 2 aromatic carbocycles. The van der Waals surface area contributed by atoms with E-state index in [-0.39, 0.29) is 15.3 Å². The average Bonchev–Trinajstić information content (AvgIpc) is 3.05. The monoisotopic (exact) mass is 477 g/mol. The van der Waals surface area contributed by atoms with Gasteiger partial charge in [0.2, 0.25) is 14.9 Å². The highest BCUT2D eigenvalue weighted by Gasteiger charge is 2.27. The molecule has 0 amide bonds. The Morgan fingerprint density at radius 1 is 1.07 bits per heavy atom. The highest BCUT2D eigenvalue weighted by Crippen LogP contribution is 2.32. The van der Waals surface area contributed by atoms with E-state index in [4.69, 9.17) is 4.74 Å². The van der Waals surface area contributed by atoms with Gasteiger partial charge in [0.15, 0.2) is 0 Å². The first-order chi connectivity index (χ1) is 13.5. The number of ether oxygens (including phenoxy) is 1. The van der Waals surface area contributed by atoms with Crippen molar-refractivity contribution in [1.82, 2.24) is 15.0 Å². The van der Waals surface area contributed by atoms with Gasteiger partial charge in [0.1, 0.15) is 11.4 Å². The highest BCUT2D eigenvalue weighted by atomic mass is 79.9. The molecular formula is C21H24BrN3O3S. The zero-order chi connectivity index (χ0) is 21.6. The molecule has 8 heteroatoms. The summed E-state index contributed by atoms with van der Waals surface area (Å²) in [5.74, 6) is 0.564. The smallest absolute Gasteiger partial charge is 0.227 e. The maximum atomic E-state index is 13.2. The van der Waals surface area contributed by atoms with Gasteiger partial charge in [-0.1, -0.05) is 54.0 Å². The van der Waals surface area contributed by atoms with Crippen molar-refractivity contribution < 1.29 is 13.2 Å². The minimum absolute atomic E-state index is 0.0582. The quantitative estimate of drug-likeness (QED) is 0.540. The lowest BCUT2D eigenvalue weighted by Gasteiger charge is -2.19. The van der Waals surface area contributed by atoms with Gasteiger partial charge in [-0.05, 0) is 54.7 Å². The van der Waals surface area contributed by atoms with E-state index in [9.17, 15) is 8.42 Å². The molecule has 1 heterocycles. The number of hydrogen-bond donors (Lipinski definition) is 0. The Labute approximate surface area is 180 Å². The molecule has 0 bridgehead atoms. The van der Waals surface area contributed by atoms with Crippen LogP contribution < -0.4 is 4.74 Å². The summed E-state index contributed by atoms with van der Waals surface area (Å²) in [7, 11) is -2.24. The average molecular weight is 478 g/mol. The molecule has 0 N–H and O–H groups in total. The molecule has 0 fully saturated rings. The van der Waals surface area contributed by atoms with Crippen molar-refractivity contribution >= 4 is 25.8 Å². The van der Waals surface area contributed by atoms with Gasteiger partial charge in [-0.15, -0.1) is 5.10 Å². The molecule has 154 valence electrons. The van der Waals surface area contributed by atoms with Crippen LogP contribution in [-0.4, -0.2) is 30.5 Å². The number of benzene rings is 2. The summed E-state index contributed by atoms with van der Waals surface area (Å²) in [6.45, 7) is 9.88. The first-order valence-electron chi connectivity index (χ1n) is 9.09. The molecule has 1 aromatic heterocycles.